The minimum absolute atomic E-state index is 0.539. The van der Waals surface area contributed by atoms with Crippen LogP contribution < -0.4 is 9.64 Å². The molecule has 0 unspecified atom stereocenters. The summed E-state index contributed by atoms with van der Waals surface area (Å²) in [5.74, 6) is 1.63. The monoisotopic (exact) mass is 339 g/mol. The van der Waals surface area contributed by atoms with E-state index in [0.29, 0.717) is 15.8 Å². The Kier molecular flexibility index (Phi) is 4.53. The van der Waals surface area contributed by atoms with Crippen LogP contribution in [-0.2, 0) is 6.54 Å². The summed E-state index contributed by atoms with van der Waals surface area (Å²) in [5.41, 5.74) is 2.37. The molecule has 3 rings (SSSR count). The van der Waals surface area contributed by atoms with Gasteiger partial charge in [-0.1, -0.05) is 35.3 Å². The molecule has 0 aliphatic carbocycles. The van der Waals surface area contributed by atoms with Crippen molar-refractivity contribution in [2.45, 2.75) is 11.4 Å². The number of halogens is 2. The first-order valence-electron chi connectivity index (χ1n) is 6.67. The maximum atomic E-state index is 6.22. The Morgan fingerprint density at radius 2 is 1.90 bits per heavy atom. The van der Waals surface area contributed by atoms with E-state index >= 15 is 0 Å². The highest BCUT2D eigenvalue weighted by Crippen LogP contribution is 2.37. The third-order valence-corrected chi connectivity index (χ3v) is 5.06. The molecule has 0 bridgehead atoms. The number of nitrogens with zero attached hydrogens (tertiary/aromatic N) is 1. The molecule has 0 spiro atoms. The van der Waals surface area contributed by atoms with E-state index in [-0.39, 0.29) is 0 Å². The third kappa shape index (κ3) is 3.10. The minimum Gasteiger partial charge on any atom is -0.494 e. The summed E-state index contributed by atoms with van der Waals surface area (Å²) in [5, 5.41) is 1.11. The molecule has 0 atom stereocenters. The number of hydrogen-bond acceptors (Lipinski definition) is 3. The van der Waals surface area contributed by atoms with Crippen LogP contribution >= 0.6 is 35.0 Å². The maximum absolute atomic E-state index is 6.22. The van der Waals surface area contributed by atoms with E-state index < -0.39 is 0 Å². The fraction of sp³-hybridized carbons (Fsp3) is 0.250. The first kappa shape index (κ1) is 14.9. The van der Waals surface area contributed by atoms with E-state index in [0.717, 1.165) is 24.4 Å². The van der Waals surface area contributed by atoms with Crippen LogP contribution in [-0.4, -0.2) is 19.4 Å². The number of fused-ring (bicyclic) bond motifs is 1. The minimum atomic E-state index is 0.539. The van der Waals surface area contributed by atoms with E-state index in [4.69, 9.17) is 27.9 Å². The molecular formula is C16H15Cl2NOS. The molecule has 0 radical (unpaired) electrons. The zero-order valence-corrected chi connectivity index (χ0v) is 13.9. The van der Waals surface area contributed by atoms with Crippen molar-refractivity contribution in [2.24, 2.45) is 0 Å². The van der Waals surface area contributed by atoms with Crippen LogP contribution in [0.5, 0.6) is 5.75 Å². The molecule has 5 heteroatoms. The predicted octanol–water partition coefficient (Wildman–Crippen LogP) is 5.11. The lowest BCUT2D eigenvalue weighted by atomic mass is 10.2. The van der Waals surface area contributed by atoms with Crippen LogP contribution in [0.25, 0.3) is 0 Å². The van der Waals surface area contributed by atoms with Crippen molar-refractivity contribution in [1.29, 1.82) is 0 Å². The molecule has 21 heavy (non-hydrogen) atoms. The van der Waals surface area contributed by atoms with Crippen LogP contribution in [0.2, 0.25) is 10.0 Å². The van der Waals surface area contributed by atoms with Crippen LogP contribution in [0.4, 0.5) is 5.69 Å². The standard InChI is InChI=1S/C16H15Cl2NOS/c1-20-16-12(17)8-11(9-13(16)18)10-19-6-7-21-15-5-3-2-4-14(15)19/h2-5,8-9H,6-7,10H2,1H3. The van der Waals surface area contributed by atoms with Gasteiger partial charge in [-0.05, 0) is 29.8 Å². The number of methoxy groups -OCH3 is 1. The Hall–Kier alpha value is -1.03. The molecule has 110 valence electrons. The lowest BCUT2D eigenvalue weighted by molar-refractivity contribution is 0.415. The molecule has 1 heterocycles. The largest absolute Gasteiger partial charge is 0.494 e. The third-order valence-electron chi connectivity index (χ3n) is 3.46. The second kappa shape index (κ2) is 6.39. The summed E-state index contributed by atoms with van der Waals surface area (Å²) in [6.07, 6.45) is 0. The van der Waals surface area contributed by atoms with Crippen LogP contribution in [0.1, 0.15) is 5.56 Å². The average molecular weight is 340 g/mol. The van der Waals surface area contributed by atoms with Crippen LogP contribution in [0, 0.1) is 0 Å². The van der Waals surface area contributed by atoms with Gasteiger partial charge in [0.1, 0.15) is 0 Å². The van der Waals surface area contributed by atoms with Crippen molar-refractivity contribution in [3.63, 3.8) is 0 Å². The van der Waals surface area contributed by atoms with Crippen molar-refractivity contribution in [3.8, 4) is 5.75 Å². The Morgan fingerprint density at radius 3 is 2.62 bits per heavy atom. The van der Waals surface area contributed by atoms with Gasteiger partial charge >= 0.3 is 0 Å². The van der Waals surface area contributed by atoms with Gasteiger partial charge in [0, 0.05) is 23.7 Å². The van der Waals surface area contributed by atoms with E-state index in [1.165, 1.54) is 10.6 Å². The highest BCUT2D eigenvalue weighted by molar-refractivity contribution is 7.99. The fourth-order valence-corrected chi connectivity index (χ4v) is 4.25. The molecule has 0 N–H and O–H groups in total. The highest BCUT2D eigenvalue weighted by atomic mass is 35.5. The lowest BCUT2D eigenvalue weighted by Crippen LogP contribution is -2.28. The number of anilines is 1. The summed E-state index contributed by atoms with van der Waals surface area (Å²) < 4.78 is 5.20. The second-order valence-electron chi connectivity index (χ2n) is 4.83. The zero-order chi connectivity index (χ0) is 14.8. The number of rotatable bonds is 3. The van der Waals surface area contributed by atoms with Crippen molar-refractivity contribution in [2.75, 3.05) is 24.3 Å². The van der Waals surface area contributed by atoms with Crippen molar-refractivity contribution < 1.29 is 4.74 Å². The number of hydrogen-bond donors (Lipinski definition) is 0. The van der Waals surface area contributed by atoms with E-state index in [1.54, 1.807) is 7.11 Å². The Balaban J connectivity index is 1.88. The van der Waals surface area contributed by atoms with Gasteiger partial charge in [-0.3, -0.25) is 0 Å². The van der Waals surface area contributed by atoms with Gasteiger partial charge in [-0.2, -0.15) is 0 Å². The molecule has 0 saturated carbocycles. The number of benzene rings is 2. The average Bonchev–Trinajstić information content (AvgIpc) is 2.47. The molecule has 2 aromatic carbocycles. The first-order chi connectivity index (χ1) is 10.2. The van der Waals surface area contributed by atoms with E-state index in [2.05, 4.69) is 29.2 Å². The quantitative estimate of drug-likeness (QED) is 0.770. The lowest BCUT2D eigenvalue weighted by Gasteiger charge is -2.31. The molecule has 1 aliphatic heterocycles. The zero-order valence-electron chi connectivity index (χ0n) is 11.6. The summed E-state index contributed by atoms with van der Waals surface area (Å²) in [6, 6.07) is 12.3. The Bertz CT molecular complexity index is 639. The Labute approximate surface area is 139 Å². The summed E-state index contributed by atoms with van der Waals surface area (Å²) in [6.45, 7) is 1.81. The highest BCUT2D eigenvalue weighted by Gasteiger charge is 2.18. The molecule has 0 fully saturated rings. The molecule has 2 nitrogen and oxygen atoms in total. The molecule has 0 amide bonds. The SMILES string of the molecule is COc1c(Cl)cc(CN2CCSc3ccccc32)cc1Cl. The molecule has 2 aromatic rings. The summed E-state index contributed by atoms with van der Waals surface area (Å²) in [4.78, 5) is 3.69. The molecule has 0 aromatic heterocycles. The molecule has 0 saturated heterocycles. The predicted molar refractivity (Wildman–Crippen MR) is 91.2 cm³/mol. The van der Waals surface area contributed by atoms with Gasteiger partial charge in [-0.15, -0.1) is 11.8 Å². The van der Waals surface area contributed by atoms with E-state index in [1.807, 2.05) is 23.9 Å². The van der Waals surface area contributed by atoms with E-state index in [9.17, 15) is 0 Å². The summed E-state index contributed by atoms with van der Waals surface area (Å²) in [7, 11) is 1.57. The maximum Gasteiger partial charge on any atom is 0.156 e. The second-order valence-corrected chi connectivity index (χ2v) is 6.78. The van der Waals surface area contributed by atoms with Gasteiger partial charge in [0.25, 0.3) is 0 Å². The van der Waals surface area contributed by atoms with Gasteiger partial charge in [0.05, 0.1) is 22.8 Å². The number of ether oxygens (including phenoxy) is 1. The number of para-hydroxylation sites is 1. The smallest absolute Gasteiger partial charge is 0.156 e. The van der Waals surface area contributed by atoms with Crippen molar-refractivity contribution in [3.05, 3.63) is 52.0 Å². The Morgan fingerprint density at radius 1 is 1.19 bits per heavy atom. The fourth-order valence-electron chi connectivity index (χ4n) is 2.51. The van der Waals surface area contributed by atoms with Crippen LogP contribution in [0.15, 0.2) is 41.3 Å². The van der Waals surface area contributed by atoms with Gasteiger partial charge in [0.2, 0.25) is 0 Å². The van der Waals surface area contributed by atoms with Gasteiger partial charge in [0.15, 0.2) is 5.75 Å². The van der Waals surface area contributed by atoms with Crippen LogP contribution in [0.3, 0.4) is 0 Å². The molecular weight excluding hydrogens is 325 g/mol. The van der Waals surface area contributed by atoms with Crippen molar-refractivity contribution >= 4 is 40.7 Å². The number of thioether (sulfide) groups is 1. The van der Waals surface area contributed by atoms with Gasteiger partial charge in [-0.25, -0.2) is 0 Å². The van der Waals surface area contributed by atoms with Crippen molar-refractivity contribution in [1.82, 2.24) is 0 Å². The first-order valence-corrected chi connectivity index (χ1v) is 8.42. The normalized spacial score (nSPS) is 14.0. The molecule has 1 aliphatic rings. The van der Waals surface area contributed by atoms with Gasteiger partial charge < -0.3 is 9.64 Å². The summed E-state index contributed by atoms with van der Waals surface area (Å²) >= 11 is 14.3. The topological polar surface area (TPSA) is 12.5 Å².